The van der Waals surface area contributed by atoms with Crippen molar-refractivity contribution in [1.82, 2.24) is 9.80 Å². The van der Waals surface area contributed by atoms with Crippen molar-refractivity contribution >= 4 is 17.7 Å². The number of aliphatic hydroxyl groups is 2. The molecule has 0 radical (unpaired) electrons. The Balaban J connectivity index is 2.06. The molecule has 5 nitrogen and oxygen atoms in total. The molecular weight excluding hydrogens is 300 g/mol. The fourth-order valence-electron chi connectivity index (χ4n) is 2.71. The van der Waals surface area contributed by atoms with Crippen LogP contribution in [0.25, 0.3) is 0 Å². The van der Waals surface area contributed by atoms with Crippen molar-refractivity contribution < 1.29 is 15.0 Å². The molecule has 2 N–H and O–H groups in total. The first-order valence-electron chi connectivity index (χ1n) is 7.48. The summed E-state index contributed by atoms with van der Waals surface area (Å²) in [6, 6.07) is 7.63. The summed E-state index contributed by atoms with van der Waals surface area (Å²) in [5.41, 5.74) is 0.645. The SMILES string of the molecule is CN(C)C1CC(CO)N(C(=O)c2ccc(SCCO)cc2)C1. The van der Waals surface area contributed by atoms with E-state index in [9.17, 15) is 9.90 Å². The van der Waals surface area contributed by atoms with E-state index in [-0.39, 0.29) is 25.2 Å². The highest BCUT2D eigenvalue weighted by Gasteiger charge is 2.35. The second-order valence-corrected chi connectivity index (χ2v) is 6.91. The Kier molecular flexibility index (Phi) is 6.26. The lowest BCUT2D eigenvalue weighted by Crippen LogP contribution is -2.38. The molecule has 22 heavy (non-hydrogen) atoms. The van der Waals surface area contributed by atoms with Crippen molar-refractivity contribution in [1.29, 1.82) is 0 Å². The number of carbonyl (C=O) groups is 1. The maximum absolute atomic E-state index is 12.7. The lowest BCUT2D eigenvalue weighted by atomic mass is 10.1. The van der Waals surface area contributed by atoms with Crippen LogP contribution in [0.2, 0.25) is 0 Å². The molecule has 0 bridgehead atoms. The number of rotatable bonds is 6. The Morgan fingerprint density at radius 3 is 2.55 bits per heavy atom. The van der Waals surface area contributed by atoms with Gasteiger partial charge < -0.3 is 20.0 Å². The fraction of sp³-hybridized carbons (Fsp3) is 0.562. The second kappa shape index (κ2) is 7.97. The van der Waals surface area contributed by atoms with Crippen LogP contribution in [0.4, 0.5) is 0 Å². The molecule has 6 heteroatoms. The zero-order valence-electron chi connectivity index (χ0n) is 13.1. The van der Waals surface area contributed by atoms with Crippen LogP contribution in [0, 0.1) is 0 Å². The lowest BCUT2D eigenvalue weighted by Gasteiger charge is -2.23. The number of benzene rings is 1. The average Bonchev–Trinajstić information content (AvgIpc) is 2.97. The van der Waals surface area contributed by atoms with Crippen LogP contribution in [0.3, 0.4) is 0 Å². The van der Waals surface area contributed by atoms with Crippen LogP contribution in [-0.4, -0.2) is 77.6 Å². The smallest absolute Gasteiger partial charge is 0.254 e. The molecule has 1 aromatic rings. The van der Waals surface area contributed by atoms with Crippen molar-refractivity contribution in [2.45, 2.75) is 23.4 Å². The number of thioether (sulfide) groups is 1. The minimum atomic E-state index is -0.108. The first-order chi connectivity index (χ1) is 10.6. The van der Waals surface area contributed by atoms with E-state index in [4.69, 9.17) is 5.11 Å². The van der Waals surface area contributed by atoms with Gasteiger partial charge in [0.2, 0.25) is 0 Å². The van der Waals surface area contributed by atoms with Gasteiger partial charge in [-0.2, -0.15) is 0 Å². The summed E-state index contributed by atoms with van der Waals surface area (Å²) < 4.78 is 0. The van der Waals surface area contributed by atoms with Gasteiger partial charge in [-0.05, 0) is 44.8 Å². The molecule has 0 saturated carbocycles. The highest BCUT2D eigenvalue weighted by molar-refractivity contribution is 7.99. The van der Waals surface area contributed by atoms with Crippen LogP contribution in [0.1, 0.15) is 16.8 Å². The molecule has 0 aromatic heterocycles. The van der Waals surface area contributed by atoms with Gasteiger partial charge in [-0.3, -0.25) is 4.79 Å². The summed E-state index contributed by atoms with van der Waals surface area (Å²) in [4.78, 5) is 17.6. The number of likely N-dealkylation sites (tertiary alicyclic amines) is 1. The number of aliphatic hydroxyl groups excluding tert-OH is 2. The molecule has 1 aliphatic rings. The third kappa shape index (κ3) is 4.01. The molecule has 0 aliphatic carbocycles. The van der Waals surface area contributed by atoms with Crippen LogP contribution in [0.15, 0.2) is 29.2 Å². The third-order valence-electron chi connectivity index (χ3n) is 4.06. The van der Waals surface area contributed by atoms with Gasteiger partial charge >= 0.3 is 0 Å². The van der Waals surface area contributed by atoms with Gasteiger partial charge in [0, 0.05) is 28.8 Å². The van der Waals surface area contributed by atoms with Gasteiger partial charge in [0.25, 0.3) is 5.91 Å². The van der Waals surface area contributed by atoms with Crippen molar-refractivity contribution in [3.63, 3.8) is 0 Å². The number of amides is 1. The third-order valence-corrected chi connectivity index (χ3v) is 5.05. The van der Waals surface area contributed by atoms with E-state index in [2.05, 4.69) is 4.90 Å². The van der Waals surface area contributed by atoms with Gasteiger partial charge in [-0.25, -0.2) is 0 Å². The monoisotopic (exact) mass is 324 g/mol. The van der Waals surface area contributed by atoms with Crippen LogP contribution in [-0.2, 0) is 0 Å². The molecule has 1 aliphatic heterocycles. The number of hydrogen-bond acceptors (Lipinski definition) is 5. The maximum atomic E-state index is 12.7. The number of nitrogens with zero attached hydrogens (tertiary/aromatic N) is 2. The average molecular weight is 324 g/mol. The summed E-state index contributed by atoms with van der Waals surface area (Å²) in [6.45, 7) is 0.793. The predicted octanol–water partition coefficient (Wildman–Crippen LogP) is 0.908. The van der Waals surface area contributed by atoms with E-state index in [1.807, 2.05) is 38.4 Å². The Labute approximate surface area is 135 Å². The molecule has 1 aromatic carbocycles. The minimum absolute atomic E-state index is 0.000511. The first-order valence-corrected chi connectivity index (χ1v) is 8.47. The quantitative estimate of drug-likeness (QED) is 0.762. The number of likely N-dealkylation sites (N-methyl/N-ethyl adjacent to an activating group) is 1. The topological polar surface area (TPSA) is 64.0 Å². The summed E-state index contributed by atoms with van der Waals surface area (Å²) >= 11 is 1.56. The zero-order valence-corrected chi connectivity index (χ0v) is 13.9. The van der Waals surface area contributed by atoms with E-state index in [1.165, 1.54) is 0 Å². The molecule has 2 atom stereocenters. The molecular formula is C16H24N2O3S. The number of carbonyl (C=O) groups excluding carboxylic acids is 1. The molecule has 122 valence electrons. The van der Waals surface area contributed by atoms with Gasteiger partial charge in [-0.15, -0.1) is 11.8 Å². The minimum Gasteiger partial charge on any atom is -0.396 e. The molecule has 1 fully saturated rings. The molecule has 2 rings (SSSR count). The fourth-order valence-corrected chi connectivity index (χ4v) is 3.37. The van der Waals surface area contributed by atoms with Crippen LogP contribution >= 0.6 is 11.8 Å². The highest BCUT2D eigenvalue weighted by Crippen LogP contribution is 2.24. The molecule has 0 spiro atoms. The second-order valence-electron chi connectivity index (χ2n) is 5.74. The number of hydrogen-bond donors (Lipinski definition) is 2. The van der Waals surface area contributed by atoms with Crippen molar-refractivity contribution in [2.24, 2.45) is 0 Å². The van der Waals surface area contributed by atoms with Crippen molar-refractivity contribution in [3.05, 3.63) is 29.8 Å². The summed E-state index contributed by atoms with van der Waals surface area (Å²) in [5, 5.41) is 18.4. The summed E-state index contributed by atoms with van der Waals surface area (Å²) in [7, 11) is 4.00. The Morgan fingerprint density at radius 1 is 1.32 bits per heavy atom. The Hall–Kier alpha value is -1.08. The van der Waals surface area contributed by atoms with Crippen molar-refractivity contribution in [3.8, 4) is 0 Å². The molecule has 1 heterocycles. The van der Waals surface area contributed by atoms with Crippen LogP contribution in [0.5, 0.6) is 0 Å². The first kappa shape index (κ1) is 17.3. The van der Waals surface area contributed by atoms with Crippen molar-refractivity contribution in [2.75, 3.05) is 39.6 Å². The van der Waals surface area contributed by atoms with Gasteiger partial charge in [0.1, 0.15) is 0 Å². The summed E-state index contributed by atoms with van der Waals surface area (Å²) in [6.07, 6.45) is 0.805. The summed E-state index contributed by atoms with van der Waals surface area (Å²) in [5.74, 6) is 0.623. The normalized spacial score (nSPS) is 21.6. The van der Waals surface area contributed by atoms with E-state index in [1.54, 1.807) is 16.7 Å². The van der Waals surface area contributed by atoms with E-state index in [0.717, 1.165) is 11.3 Å². The van der Waals surface area contributed by atoms with Crippen LogP contribution < -0.4 is 0 Å². The molecule has 1 saturated heterocycles. The largest absolute Gasteiger partial charge is 0.396 e. The molecule has 1 amide bonds. The predicted molar refractivity (Wildman–Crippen MR) is 88.3 cm³/mol. The highest BCUT2D eigenvalue weighted by atomic mass is 32.2. The lowest BCUT2D eigenvalue weighted by molar-refractivity contribution is 0.0673. The maximum Gasteiger partial charge on any atom is 0.254 e. The van der Waals surface area contributed by atoms with Gasteiger partial charge in [-0.1, -0.05) is 0 Å². The standard InChI is InChI=1S/C16H24N2O3S/c1-17(2)13-9-14(11-20)18(10-13)16(21)12-3-5-15(6-4-12)22-8-7-19/h3-6,13-14,19-20H,7-11H2,1-2H3. The van der Waals surface area contributed by atoms with E-state index < -0.39 is 0 Å². The Bertz CT molecular complexity index is 493. The molecule has 2 unspecified atom stereocenters. The zero-order chi connectivity index (χ0) is 16.1. The van der Waals surface area contributed by atoms with Gasteiger partial charge in [0.05, 0.1) is 19.3 Å². The van der Waals surface area contributed by atoms with E-state index >= 15 is 0 Å². The van der Waals surface area contributed by atoms with Gasteiger partial charge in [0.15, 0.2) is 0 Å². The Morgan fingerprint density at radius 2 is 2.00 bits per heavy atom. The van der Waals surface area contributed by atoms with E-state index in [0.29, 0.717) is 23.9 Å².